The Balaban J connectivity index is 2.06. The van der Waals surface area contributed by atoms with Crippen LogP contribution in [0.1, 0.15) is 15.9 Å². The maximum atomic E-state index is 10.8. The Hall–Kier alpha value is -1.52. The fourth-order valence-electron chi connectivity index (χ4n) is 1.51. The molecule has 0 amide bonds. The first kappa shape index (κ1) is 13.9. The molecule has 3 nitrogen and oxygen atoms in total. The van der Waals surface area contributed by atoms with Crippen molar-refractivity contribution in [1.29, 1.82) is 0 Å². The third-order valence-corrected chi connectivity index (χ3v) is 3.33. The third-order valence-electron chi connectivity index (χ3n) is 2.49. The van der Waals surface area contributed by atoms with E-state index in [4.69, 9.17) is 21.4 Å². The molecular weight excluding hydrogens is 332 g/mol. The van der Waals surface area contributed by atoms with Gasteiger partial charge in [0.05, 0.1) is 10.6 Å². The highest BCUT2D eigenvalue weighted by atomic mass is 79.9. The van der Waals surface area contributed by atoms with Crippen LogP contribution in [0, 0.1) is 0 Å². The topological polar surface area (TPSA) is 46.5 Å². The van der Waals surface area contributed by atoms with Crippen LogP contribution in [0.2, 0.25) is 5.02 Å². The molecule has 19 heavy (non-hydrogen) atoms. The van der Waals surface area contributed by atoms with Gasteiger partial charge in [0, 0.05) is 4.47 Å². The maximum absolute atomic E-state index is 10.8. The average molecular weight is 342 g/mol. The van der Waals surface area contributed by atoms with E-state index < -0.39 is 5.97 Å². The fourth-order valence-corrected chi connectivity index (χ4v) is 2.02. The Morgan fingerprint density at radius 2 is 1.89 bits per heavy atom. The molecular formula is C14H10BrClO3. The second-order valence-electron chi connectivity index (χ2n) is 3.86. The first-order valence-electron chi connectivity index (χ1n) is 5.46. The largest absolute Gasteiger partial charge is 0.489 e. The van der Waals surface area contributed by atoms with E-state index in [1.807, 2.05) is 24.3 Å². The van der Waals surface area contributed by atoms with E-state index in [1.54, 1.807) is 6.07 Å². The Bertz CT molecular complexity index is 596. The molecule has 0 aliphatic rings. The van der Waals surface area contributed by atoms with E-state index in [-0.39, 0.29) is 10.6 Å². The van der Waals surface area contributed by atoms with Crippen molar-refractivity contribution in [1.82, 2.24) is 0 Å². The van der Waals surface area contributed by atoms with E-state index in [2.05, 4.69) is 15.9 Å². The van der Waals surface area contributed by atoms with Crippen molar-refractivity contribution < 1.29 is 14.6 Å². The summed E-state index contributed by atoms with van der Waals surface area (Å²) >= 11 is 9.22. The lowest BCUT2D eigenvalue weighted by molar-refractivity contribution is 0.0697. The zero-order chi connectivity index (χ0) is 13.8. The van der Waals surface area contributed by atoms with Gasteiger partial charge in [0.25, 0.3) is 0 Å². The zero-order valence-corrected chi connectivity index (χ0v) is 12.1. The lowest BCUT2D eigenvalue weighted by Gasteiger charge is -2.08. The van der Waals surface area contributed by atoms with Crippen molar-refractivity contribution in [3.05, 3.63) is 63.1 Å². The van der Waals surface area contributed by atoms with Crippen molar-refractivity contribution in [3.8, 4) is 5.75 Å². The molecule has 0 saturated heterocycles. The number of ether oxygens (including phenoxy) is 1. The summed E-state index contributed by atoms with van der Waals surface area (Å²) in [5.41, 5.74) is 1.08. The van der Waals surface area contributed by atoms with Gasteiger partial charge in [-0.1, -0.05) is 39.7 Å². The van der Waals surface area contributed by atoms with Gasteiger partial charge in [0.2, 0.25) is 0 Å². The highest BCUT2D eigenvalue weighted by Gasteiger charge is 2.09. The molecule has 2 aromatic rings. The predicted octanol–water partition coefficient (Wildman–Crippen LogP) is 4.38. The summed E-state index contributed by atoms with van der Waals surface area (Å²) in [5, 5.41) is 9.03. The van der Waals surface area contributed by atoms with Crippen molar-refractivity contribution in [3.63, 3.8) is 0 Å². The van der Waals surface area contributed by atoms with Crippen LogP contribution in [0.15, 0.2) is 46.9 Å². The number of hydrogen-bond donors (Lipinski definition) is 1. The monoisotopic (exact) mass is 340 g/mol. The zero-order valence-electron chi connectivity index (χ0n) is 9.77. The molecule has 0 heterocycles. The van der Waals surface area contributed by atoms with E-state index in [1.165, 1.54) is 12.1 Å². The minimum atomic E-state index is -1.05. The summed E-state index contributed by atoms with van der Waals surface area (Å²) < 4.78 is 6.56. The lowest BCUT2D eigenvalue weighted by atomic mass is 10.2. The van der Waals surface area contributed by atoms with Crippen molar-refractivity contribution >= 4 is 33.5 Å². The van der Waals surface area contributed by atoms with Gasteiger partial charge in [-0.15, -0.1) is 0 Å². The fraction of sp³-hybridized carbons (Fsp3) is 0.0714. The van der Waals surface area contributed by atoms with Crippen LogP contribution in [0.3, 0.4) is 0 Å². The molecule has 5 heteroatoms. The standard InChI is InChI=1S/C14H10BrClO3/c15-10-3-1-9(2-4-10)8-19-11-5-6-12(14(17)18)13(16)7-11/h1-7H,8H2,(H,17,18). The average Bonchev–Trinajstić information content (AvgIpc) is 2.37. The van der Waals surface area contributed by atoms with Crippen LogP contribution in [-0.2, 0) is 6.61 Å². The molecule has 2 aromatic carbocycles. The van der Waals surface area contributed by atoms with Gasteiger partial charge in [-0.25, -0.2) is 4.79 Å². The van der Waals surface area contributed by atoms with Gasteiger partial charge >= 0.3 is 5.97 Å². The van der Waals surface area contributed by atoms with Crippen LogP contribution in [0.5, 0.6) is 5.75 Å². The van der Waals surface area contributed by atoms with Gasteiger partial charge < -0.3 is 9.84 Å². The molecule has 0 aliphatic heterocycles. The SMILES string of the molecule is O=C(O)c1ccc(OCc2ccc(Br)cc2)cc1Cl. The third kappa shape index (κ3) is 3.72. The molecule has 2 rings (SSSR count). The minimum absolute atomic E-state index is 0.0673. The first-order chi connectivity index (χ1) is 9.06. The highest BCUT2D eigenvalue weighted by molar-refractivity contribution is 9.10. The number of carbonyl (C=O) groups is 1. The summed E-state index contributed by atoms with van der Waals surface area (Å²) in [6.07, 6.45) is 0. The summed E-state index contributed by atoms with van der Waals surface area (Å²) in [6.45, 7) is 0.399. The molecule has 0 bridgehead atoms. The highest BCUT2D eigenvalue weighted by Crippen LogP contribution is 2.23. The Kier molecular flexibility index (Phi) is 4.45. The molecule has 0 aliphatic carbocycles. The van der Waals surface area contributed by atoms with E-state index in [0.29, 0.717) is 12.4 Å². The van der Waals surface area contributed by atoms with E-state index in [0.717, 1.165) is 10.0 Å². The van der Waals surface area contributed by atoms with Crippen LogP contribution in [-0.4, -0.2) is 11.1 Å². The van der Waals surface area contributed by atoms with Crippen LogP contribution in [0.25, 0.3) is 0 Å². The van der Waals surface area contributed by atoms with Crippen LogP contribution < -0.4 is 4.74 Å². The number of aromatic carboxylic acids is 1. The number of carboxylic acids is 1. The summed E-state index contributed by atoms with van der Waals surface area (Å²) in [7, 11) is 0. The normalized spacial score (nSPS) is 10.2. The lowest BCUT2D eigenvalue weighted by Crippen LogP contribution is -1.99. The van der Waals surface area contributed by atoms with E-state index >= 15 is 0 Å². The van der Waals surface area contributed by atoms with Gasteiger partial charge in [-0.2, -0.15) is 0 Å². The van der Waals surface area contributed by atoms with Crippen molar-refractivity contribution in [2.45, 2.75) is 6.61 Å². The van der Waals surface area contributed by atoms with Gasteiger partial charge in [-0.3, -0.25) is 0 Å². The molecule has 1 N–H and O–H groups in total. The Morgan fingerprint density at radius 3 is 2.47 bits per heavy atom. The Morgan fingerprint density at radius 1 is 1.21 bits per heavy atom. The molecule has 0 unspecified atom stereocenters. The Labute approximate surface area is 123 Å². The van der Waals surface area contributed by atoms with Crippen molar-refractivity contribution in [2.24, 2.45) is 0 Å². The van der Waals surface area contributed by atoms with Gasteiger partial charge in [0.15, 0.2) is 0 Å². The number of benzene rings is 2. The number of carboxylic acid groups (broad SMARTS) is 1. The predicted molar refractivity (Wildman–Crippen MR) is 76.9 cm³/mol. The smallest absolute Gasteiger partial charge is 0.337 e. The molecule has 0 radical (unpaired) electrons. The molecule has 98 valence electrons. The molecule has 0 aromatic heterocycles. The number of halogens is 2. The molecule has 0 spiro atoms. The maximum Gasteiger partial charge on any atom is 0.337 e. The van der Waals surface area contributed by atoms with Gasteiger partial charge in [-0.05, 0) is 35.9 Å². The quantitative estimate of drug-likeness (QED) is 0.897. The summed E-state index contributed by atoms with van der Waals surface area (Å²) in [4.78, 5) is 10.8. The van der Waals surface area contributed by atoms with E-state index in [9.17, 15) is 4.79 Å². The molecule has 0 saturated carbocycles. The number of rotatable bonds is 4. The summed E-state index contributed by atoms with van der Waals surface area (Å²) in [6, 6.07) is 12.3. The van der Waals surface area contributed by atoms with Gasteiger partial charge in [0.1, 0.15) is 12.4 Å². The molecule has 0 atom stereocenters. The first-order valence-corrected chi connectivity index (χ1v) is 6.63. The second kappa shape index (κ2) is 6.08. The van der Waals surface area contributed by atoms with Crippen LogP contribution >= 0.6 is 27.5 Å². The number of hydrogen-bond acceptors (Lipinski definition) is 2. The minimum Gasteiger partial charge on any atom is -0.489 e. The van der Waals surface area contributed by atoms with Crippen LogP contribution in [0.4, 0.5) is 0 Å². The second-order valence-corrected chi connectivity index (χ2v) is 5.18. The molecule has 0 fully saturated rings. The van der Waals surface area contributed by atoms with Crippen molar-refractivity contribution in [2.75, 3.05) is 0 Å². The summed E-state index contributed by atoms with van der Waals surface area (Å²) in [5.74, 6) is -0.512.